The number of amides is 1. The highest BCUT2D eigenvalue weighted by Crippen LogP contribution is 2.11. The first-order valence-corrected chi connectivity index (χ1v) is 5.88. The van der Waals surface area contributed by atoms with Crippen LogP contribution >= 0.6 is 0 Å². The lowest BCUT2D eigenvalue weighted by Gasteiger charge is -2.05. The minimum atomic E-state index is -0.490. The predicted octanol–water partition coefficient (Wildman–Crippen LogP) is 1.32. The highest BCUT2D eigenvalue weighted by atomic mass is 16.6. The molecule has 6 nitrogen and oxygen atoms in total. The fourth-order valence-electron chi connectivity index (χ4n) is 1.40. The summed E-state index contributed by atoms with van der Waals surface area (Å²) < 4.78 is 0. The summed E-state index contributed by atoms with van der Waals surface area (Å²) in [6.07, 6.45) is 1.05. The van der Waals surface area contributed by atoms with E-state index in [0.29, 0.717) is 18.7 Å². The van der Waals surface area contributed by atoms with Crippen LogP contribution < -0.4 is 10.6 Å². The van der Waals surface area contributed by atoms with Crippen LogP contribution in [0.1, 0.15) is 23.7 Å². The van der Waals surface area contributed by atoms with Gasteiger partial charge in [0.2, 0.25) is 0 Å². The minimum Gasteiger partial charge on any atom is -0.351 e. The quantitative estimate of drug-likeness (QED) is 0.435. The molecule has 0 unspecified atom stereocenters. The van der Waals surface area contributed by atoms with Gasteiger partial charge in [0.1, 0.15) is 0 Å². The summed E-state index contributed by atoms with van der Waals surface area (Å²) >= 11 is 0. The summed E-state index contributed by atoms with van der Waals surface area (Å²) in [6, 6.07) is 5.55. The zero-order valence-corrected chi connectivity index (χ0v) is 10.3. The lowest BCUT2D eigenvalue weighted by atomic mass is 10.2. The number of nitrogens with one attached hydrogen (secondary N) is 2. The third-order valence-electron chi connectivity index (χ3n) is 2.35. The van der Waals surface area contributed by atoms with Crippen LogP contribution in [-0.2, 0) is 0 Å². The van der Waals surface area contributed by atoms with Gasteiger partial charge in [-0.05, 0) is 25.1 Å². The van der Waals surface area contributed by atoms with Gasteiger partial charge < -0.3 is 10.6 Å². The lowest BCUT2D eigenvalue weighted by molar-refractivity contribution is -0.384. The molecule has 0 aliphatic heterocycles. The van der Waals surface area contributed by atoms with Gasteiger partial charge in [-0.15, -0.1) is 0 Å². The monoisotopic (exact) mass is 251 g/mol. The number of nitrogens with zero attached hydrogens (tertiary/aromatic N) is 1. The molecule has 0 aliphatic rings. The number of hydrogen-bond acceptors (Lipinski definition) is 4. The number of nitro benzene ring substituents is 1. The molecule has 6 heteroatoms. The molecule has 98 valence electrons. The summed E-state index contributed by atoms with van der Waals surface area (Å²) in [5.74, 6) is -0.219. The van der Waals surface area contributed by atoms with Gasteiger partial charge in [0, 0.05) is 30.8 Å². The van der Waals surface area contributed by atoms with Crippen molar-refractivity contribution in [1.29, 1.82) is 0 Å². The normalized spacial score (nSPS) is 10.1. The third kappa shape index (κ3) is 4.50. The highest BCUT2D eigenvalue weighted by Gasteiger charge is 2.08. The summed E-state index contributed by atoms with van der Waals surface area (Å²) in [5, 5.41) is 16.3. The molecule has 2 N–H and O–H groups in total. The first-order chi connectivity index (χ1) is 8.65. The maximum absolute atomic E-state index is 11.6. The van der Waals surface area contributed by atoms with E-state index in [2.05, 4.69) is 17.6 Å². The average molecular weight is 251 g/mol. The molecule has 0 fully saturated rings. The molecule has 0 atom stereocenters. The second-order valence-corrected chi connectivity index (χ2v) is 3.81. The Hall–Kier alpha value is -1.95. The molecule has 0 saturated carbocycles. The minimum absolute atomic E-state index is 0.0174. The van der Waals surface area contributed by atoms with E-state index in [4.69, 9.17) is 0 Å². The van der Waals surface area contributed by atoms with Crippen LogP contribution in [-0.4, -0.2) is 30.5 Å². The fourth-order valence-corrected chi connectivity index (χ4v) is 1.40. The molecule has 1 aromatic rings. The number of benzene rings is 1. The van der Waals surface area contributed by atoms with Crippen LogP contribution in [0.5, 0.6) is 0 Å². The molecule has 0 bridgehead atoms. The Morgan fingerprint density at radius 3 is 2.44 bits per heavy atom. The maximum Gasteiger partial charge on any atom is 0.269 e. The molecule has 1 amide bonds. The van der Waals surface area contributed by atoms with Crippen molar-refractivity contribution in [3.05, 3.63) is 39.9 Å². The van der Waals surface area contributed by atoms with Crippen LogP contribution in [0.25, 0.3) is 0 Å². The van der Waals surface area contributed by atoms with Crippen molar-refractivity contribution in [1.82, 2.24) is 10.6 Å². The average Bonchev–Trinajstić information content (AvgIpc) is 2.38. The predicted molar refractivity (Wildman–Crippen MR) is 68.6 cm³/mol. The van der Waals surface area contributed by atoms with E-state index in [0.717, 1.165) is 13.0 Å². The zero-order chi connectivity index (χ0) is 13.4. The van der Waals surface area contributed by atoms with E-state index in [1.54, 1.807) is 0 Å². The van der Waals surface area contributed by atoms with Crippen LogP contribution in [0.4, 0.5) is 5.69 Å². The van der Waals surface area contributed by atoms with E-state index in [9.17, 15) is 14.9 Å². The smallest absolute Gasteiger partial charge is 0.269 e. The van der Waals surface area contributed by atoms with E-state index >= 15 is 0 Å². The number of nitro groups is 1. The molecule has 0 spiro atoms. The molecule has 0 heterocycles. The largest absolute Gasteiger partial charge is 0.351 e. The van der Waals surface area contributed by atoms with Crippen LogP contribution in [0.3, 0.4) is 0 Å². The molecular formula is C12H17N3O3. The Kier molecular flexibility index (Phi) is 5.79. The summed E-state index contributed by atoms with van der Waals surface area (Å²) in [4.78, 5) is 21.6. The number of hydrogen-bond donors (Lipinski definition) is 2. The maximum atomic E-state index is 11.6. The van der Waals surface area contributed by atoms with Gasteiger partial charge in [0.05, 0.1) is 4.92 Å². The van der Waals surface area contributed by atoms with Crippen LogP contribution in [0.2, 0.25) is 0 Å². The zero-order valence-electron chi connectivity index (χ0n) is 10.3. The van der Waals surface area contributed by atoms with Gasteiger partial charge in [-0.1, -0.05) is 6.92 Å². The van der Waals surface area contributed by atoms with Crippen molar-refractivity contribution < 1.29 is 9.72 Å². The Morgan fingerprint density at radius 2 is 1.89 bits per heavy atom. The van der Waals surface area contributed by atoms with Crippen LogP contribution in [0, 0.1) is 10.1 Å². The van der Waals surface area contributed by atoms with E-state index in [1.165, 1.54) is 24.3 Å². The molecule has 1 aromatic carbocycles. The van der Waals surface area contributed by atoms with Gasteiger partial charge in [-0.3, -0.25) is 14.9 Å². The molecule has 0 aromatic heterocycles. The van der Waals surface area contributed by atoms with E-state index in [1.807, 2.05) is 0 Å². The second kappa shape index (κ2) is 7.39. The van der Waals surface area contributed by atoms with Gasteiger partial charge in [0.15, 0.2) is 0 Å². The number of rotatable bonds is 7. The molecule has 0 saturated heterocycles. The van der Waals surface area contributed by atoms with Crippen molar-refractivity contribution in [2.45, 2.75) is 13.3 Å². The molecule has 0 aliphatic carbocycles. The second-order valence-electron chi connectivity index (χ2n) is 3.81. The Labute approximate surface area is 106 Å². The van der Waals surface area contributed by atoms with Gasteiger partial charge >= 0.3 is 0 Å². The molecule has 18 heavy (non-hydrogen) atoms. The highest BCUT2D eigenvalue weighted by molar-refractivity contribution is 5.94. The SMILES string of the molecule is CCCNCCNC(=O)c1ccc([N+](=O)[O-])cc1. The first kappa shape index (κ1) is 14.1. The topological polar surface area (TPSA) is 84.3 Å². The number of non-ortho nitro benzene ring substituents is 1. The Balaban J connectivity index is 2.39. The number of carbonyl (C=O) groups is 1. The summed E-state index contributed by atoms with van der Waals surface area (Å²) in [5.41, 5.74) is 0.409. The van der Waals surface area contributed by atoms with E-state index in [-0.39, 0.29) is 11.6 Å². The van der Waals surface area contributed by atoms with Crippen LogP contribution in [0.15, 0.2) is 24.3 Å². The Bertz CT molecular complexity index is 404. The van der Waals surface area contributed by atoms with Crippen molar-refractivity contribution >= 4 is 11.6 Å². The third-order valence-corrected chi connectivity index (χ3v) is 2.35. The van der Waals surface area contributed by atoms with Gasteiger partial charge in [-0.2, -0.15) is 0 Å². The van der Waals surface area contributed by atoms with E-state index < -0.39 is 4.92 Å². The summed E-state index contributed by atoms with van der Waals surface area (Å²) in [6.45, 7) is 4.25. The number of carbonyl (C=O) groups excluding carboxylic acids is 1. The molecular weight excluding hydrogens is 234 g/mol. The molecule has 0 radical (unpaired) electrons. The Morgan fingerprint density at radius 1 is 1.22 bits per heavy atom. The van der Waals surface area contributed by atoms with Crippen molar-refractivity contribution in [3.8, 4) is 0 Å². The molecule has 1 rings (SSSR count). The van der Waals surface area contributed by atoms with Gasteiger partial charge in [0.25, 0.3) is 11.6 Å². The van der Waals surface area contributed by atoms with Crippen molar-refractivity contribution in [3.63, 3.8) is 0 Å². The lowest BCUT2D eigenvalue weighted by Crippen LogP contribution is -2.32. The van der Waals surface area contributed by atoms with Crippen molar-refractivity contribution in [2.75, 3.05) is 19.6 Å². The fraction of sp³-hybridized carbons (Fsp3) is 0.417. The van der Waals surface area contributed by atoms with Gasteiger partial charge in [-0.25, -0.2) is 0 Å². The summed E-state index contributed by atoms with van der Waals surface area (Å²) in [7, 11) is 0. The standard InChI is InChI=1S/C12H17N3O3/c1-2-7-13-8-9-14-12(16)10-3-5-11(6-4-10)15(17)18/h3-6,13H,2,7-9H2,1H3,(H,14,16). The first-order valence-electron chi connectivity index (χ1n) is 5.88. The van der Waals surface area contributed by atoms with Crippen molar-refractivity contribution in [2.24, 2.45) is 0 Å².